The molecule has 0 spiro atoms. The molecule has 1 fully saturated rings. The van der Waals surface area contributed by atoms with Gasteiger partial charge >= 0.3 is 0 Å². The maximum atomic E-state index is 12.9. The molecule has 3 aromatic carbocycles. The Morgan fingerprint density at radius 2 is 1.45 bits per heavy atom. The first-order chi connectivity index (χ1) is 15.0. The van der Waals surface area contributed by atoms with Crippen LogP contribution in [0.15, 0.2) is 84.9 Å². The van der Waals surface area contributed by atoms with E-state index in [1.165, 1.54) is 0 Å². The summed E-state index contributed by atoms with van der Waals surface area (Å²) >= 11 is 0. The van der Waals surface area contributed by atoms with E-state index in [0.717, 1.165) is 16.7 Å². The van der Waals surface area contributed by atoms with E-state index in [9.17, 15) is 15.0 Å². The topological polar surface area (TPSA) is 70.0 Å². The summed E-state index contributed by atoms with van der Waals surface area (Å²) in [5.74, 6) is -0.181. The lowest BCUT2D eigenvalue weighted by Gasteiger charge is -2.49. The molecule has 2 N–H and O–H groups in total. The highest BCUT2D eigenvalue weighted by Crippen LogP contribution is 2.33. The Labute approximate surface area is 182 Å². The second-order valence-corrected chi connectivity index (χ2v) is 8.01. The molecule has 0 aliphatic carbocycles. The molecule has 0 saturated carbocycles. The maximum Gasteiger partial charge on any atom is 0.254 e. The molecule has 0 bridgehead atoms. The molecule has 0 unspecified atom stereocenters. The first-order valence-electron chi connectivity index (χ1n) is 10.5. The van der Waals surface area contributed by atoms with Crippen LogP contribution in [0.2, 0.25) is 0 Å². The Kier molecular flexibility index (Phi) is 6.47. The van der Waals surface area contributed by atoms with Crippen LogP contribution in [0, 0.1) is 6.92 Å². The Balaban J connectivity index is 1.53. The third-order valence-electron chi connectivity index (χ3n) is 5.76. The van der Waals surface area contributed by atoms with Gasteiger partial charge < -0.3 is 19.8 Å². The third-order valence-corrected chi connectivity index (χ3v) is 5.76. The molecule has 1 aliphatic rings. The van der Waals surface area contributed by atoms with Crippen molar-refractivity contribution in [2.24, 2.45) is 0 Å². The van der Waals surface area contributed by atoms with Gasteiger partial charge in [-0.3, -0.25) is 4.79 Å². The standard InChI is InChI=1S/C26H27NO4/c1-18-12-14-21(15-13-18)23(28)24(29)22-25(31-17-20-10-6-3-7-11-20)26(30)27(22)16-19-8-4-2-5-9-19/h2-15,22-25,28-29H,16-17H2,1H3/t22-,23+,24+,25+/m0/s1. The van der Waals surface area contributed by atoms with Gasteiger partial charge in [0.15, 0.2) is 6.10 Å². The maximum absolute atomic E-state index is 12.9. The molecule has 5 nitrogen and oxygen atoms in total. The van der Waals surface area contributed by atoms with Crippen LogP contribution in [0.25, 0.3) is 0 Å². The molecule has 4 rings (SSSR count). The minimum atomic E-state index is -1.18. The molecular formula is C26H27NO4. The van der Waals surface area contributed by atoms with Crippen LogP contribution in [-0.4, -0.2) is 39.3 Å². The van der Waals surface area contributed by atoms with Crippen molar-refractivity contribution < 1.29 is 19.7 Å². The molecule has 160 valence electrons. The van der Waals surface area contributed by atoms with Gasteiger partial charge in [0.1, 0.15) is 12.2 Å². The van der Waals surface area contributed by atoms with Gasteiger partial charge in [0, 0.05) is 6.54 Å². The zero-order valence-corrected chi connectivity index (χ0v) is 17.5. The van der Waals surface area contributed by atoms with Gasteiger partial charge in [-0.15, -0.1) is 0 Å². The summed E-state index contributed by atoms with van der Waals surface area (Å²) in [4.78, 5) is 14.5. The number of ether oxygens (including phenoxy) is 1. The summed E-state index contributed by atoms with van der Waals surface area (Å²) in [5.41, 5.74) is 3.58. The summed E-state index contributed by atoms with van der Waals surface area (Å²) < 4.78 is 5.92. The molecule has 1 aliphatic heterocycles. The first kappa shape index (κ1) is 21.2. The Morgan fingerprint density at radius 1 is 0.871 bits per heavy atom. The van der Waals surface area contributed by atoms with Crippen molar-refractivity contribution in [1.29, 1.82) is 0 Å². The number of likely N-dealkylation sites (tertiary alicyclic amines) is 1. The number of aliphatic hydroxyl groups is 2. The van der Waals surface area contributed by atoms with E-state index in [2.05, 4.69) is 0 Å². The molecule has 3 aromatic rings. The number of rotatable bonds is 8. The van der Waals surface area contributed by atoms with Crippen molar-refractivity contribution in [2.75, 3.05) is 0 Å². The van der Waals surface area contributed by atoms with Crippen molar-refractivity contribution in [3.05, 3.63) is 107 Å². The quantitative estimate of drug-likeness (QED) is 0.552. The van der Waals surface area contributed by atoms with E-state index >= 15 is 0 Å². The van der Waals surface area contributed by atoms with E-state index in [-0.39, 0.29) is 12.5 Å². The molecule has 31 heavy (non-hydrogen) atoms. The summed E-state index contributed by atoms with van der Waals surface area (Å²) in [6, 6.07) is 25.9. The van der Waals surface area contributed by atoms with E-state index in [1.807, 2.05) is 79.7 Å². The highest BCUT2D eigenvalue weighted by Gasteiger charge is 2.53. The molecule has 5 heteroatoms. The number of hydrogen-bond donors (Lipinski definition) is 2. The average Bonchev–Trinajstić information content (AvgIpc) is 2.81. The Hall–Kier alpha value is -2.99. The fourth-order valence-corrected chi connectivity index (χ4v) is 3.94. The van der Waals surface area contributed by atoms with Crippen LogP contribution in [-0.2, 0) is 22.7 Å². The number of aliphatic hydroxyl groups excluding tert-OH is 2. The monoisotopic (exact) mass is 417 g/mol. The minimum Gasteiger partial charge on any atom is -0.388 e. The second kappa shape index (κ2) is 9.43. The highest BCUT2D eigenvalue weighted by molar-refractivity contribution is 5.88. The van der Waals surface area contributed by atoms with Crippen LogP contribution >= 0.6 is 0 Å². The van der Waals surface area contributed by atoms with Gasteiger partial charge in [-0.1, -0.05) is 90.5 Å². The lowest BCUT2D eigenvalue weighted by atomic mass is 9.86. The molecule has 1 amide bonds. The lowest BCUT2D eigenvalue weighted by molar-refractivity contribution is -0.195. The lowest BCUT2D eigenvalue weighted by Crippen LogP contribution is -2.70. The van der Waals surface area contributed by atoms with Crippen LogP contribution < -0.4 is 0 Å². The predicted molar refractivity (Wildman–Crippen MR) is 118 cm³/mol. The van der Waals surface area contributed by atoms with Gasteiger partial charge in [-0.25, -0.2) is 0 Å². The van der Waals surface area contributed by atoms with Gasteiger partial charge in [0.25, 0.3) is 5.91 Å². The van der Waals surface area contributed by atoms with Crippen LogP contribution in [0.1, 0.15) is 28.4 Å². The van der Waals surface area contributed by atoms with Crippen molar-refractivity contribution in [3.8, 4) is 0 Å². The average molecular weight is 418 g/mol. The SMILES string of the molecule is Cc1ccc([C@@H](O)[C@H](O)[C@H]2[C@@H](OCc3ccccc3)C(=O)N2Cc2ccccc2)cc1. The summed E-state index contributed by atoms with van der Waals surface area (Å²) in [6.07, 6.45) is -3.11. The molecular weight excluding hydrogens is 390 g/mol. The summed E-state index contributed by atoms with van der Waals surface area (Å²) in [5, 5.41) is 21.9. The fourth-order valence-electron chi connectivity index (χ4n) is 3.94. The van der Waals surface area contributed by atoms with Crippen molar-refractivity contribution in [1.82, 2.24) is 4.90 Å². The van der Waals surface area contributed by atoms with E-state index in [1.54, 1.807) is 17.0 Å². The normalized spacial score (nSPS) is 20.2. The first-order valence-corrected chi connectivity index (χ1v) is 10.5. The number of β-lactam (4-membered cyclic amide) rings is 1. The van der Waals surface area contributed by atoms with Crippen LogP contribution in [0.3, 0.4) is 0 Å². The van der Waals surface area contributed by atoms with Crippen LogP contribution in [0.5, 0.6) is 0 Å². The molecule has 0 radical (unpaired) electrons. The number of hydrogen-bond acceptors (Lipinski definition) is 4. The van der Waals surface area contributed by atoms with E-state index < -0.39 is 24.4 Å². The molecule has 1 saturated heterocycles. The number of amides is 1. The zero-order valence-electron chi connectivity index (χ0n) is 17.5. The summed E-state index contributed by atoms with van der Waals surface area (Å²) in [7, 11) is 0. The van der Waals surface area contributed by atoms with Gasteiger partial charge in [0.05, 0.1) is 12.6 Å². The zero-order chi connectivity index (χ0) is 21.8. The van der Waals surface area contributed by atoms with Gasteiger partial charge in [-0.05, 0) is 23.6 Å². The Morgan fingerprint density at radius 3 is 2.06 bits per heavy atom. The van der Waals surface area contributed by atoms with Crippen molar-refractivity contribution in [2.45, 2.75) is 44.4 Å². The predicted octanol–water partition coefficient (Wildman–Crippen LogP) is 3.39. The number of nitrogens with zero attached hydrogens (tertiary/aromatic N) is 1. The molecule has 1 heterocycles. The second-order valence-electron chi connectivity index (χ2n) is 8.01. The highest BCUT2D eigenvalue weighted by atomic mass is 16.5. The van der Waals surface area contributed by atoms with E-state index in [0.29, 0.717) is 12.1 Å². The number of carbonyl (C=O) groups is 1. The van der Waals surface area contributed by atoms with E-state index in [4.69, 9.17) is 4.74 Å². The number of carbonyl (C=O) groups excluding carboxylic acids is 1. The molecule has 0 aromatic heterocycles. The fraction of sp³-hybridized carbons (Fsp3) is 0.269. The Bertz CT molecular complexity index is 991. The largest absolute Gasteiger partial charge is 0.388 e. The number of benzene rings is 3. The summed E-state index contributed by atoms with van der Waals surface area (Å²) in [6.45, 7) is 2.58. The third kappa shape index (κ3) is 4.69. The molecule has 4 atom stereocenters. The smallest absolute Gasteiger partial charge is 0.254 e. The van der Waals surface area contributed by atoms with Gasteiger partial charge in [-0.2, -0.15) is 0 Å². The number of aryl methyl sites for hydroxylation is 1. The van der Waals surface area contributed by atoms with Crippen LogP contribution in [0.4, 0.5) is 0 Å². The minimum absolute atomic E-state index is 0.181. The van der Waals surface area contributed by atoms with Gasteiger partial charge in [0.2, 0.25) is 0 Å². The van der Waals surface area contributed by atoms with Crippen molar-refractivity contribution in [3.63, 3.8) is 0 Å². The van der Waals surface area contributed by atoms with Crippen molar-refractivity contribution >= 4 is 5.91 Å².